The maximum Gasteiger partial charge on any atom is 0.326 e. The number of oxazole rings is 1. The zero-order valence-corrected chi connectivity index (χ0v) is 21.6. The molecule has 38 heavy (non-hydrogen) atoms. The summed E-state index contributed by atoms with van der Waals surface area (Å²) in [5, 5.41) is 10.8. The van der Waals surface area contributed by atoms with Crippen LogP contribution in [0.4, 0.5) is 0 Å². The highest BCUT2D eigenvalue weighted by Crippen LogP contribution is 2.28. The Balaban J connectivity index is 1.53. The fourth-order valence-corrected chi connectivity index (χ4v) is 4.79. The van der Waals surface area contributed by atoms with Crippen LogP contribution >= 0.6 is 23.2 Å². The van der Waals surface area contributed by atoms with Crippen LogP contribution in [0.15, 0.2) is 101 Å². The molecule has 8 heteroatoms. The lowest BCUT2D eigenvalue weighted by atomic mass is 10.0. The molecule has 5 rings (SSSR count). The summed E-state index contributed by atoms with van der Waals surface area (Å²) in [4.78, 5) is 32.2. The van der Waals surface area contributed by atoms with Gasteiger partial charge in [0.25, 0.3) is 5.91 Å². The topological polar surface area (TPSA) is 83.6 Å². The van der Waals surface area contributed by atoms with Gasteiger partial charge in [0.15, 0.2) is 5.58 Å². The van der Waals surface area contributed by atoms with Crippen molar-refractivity contribution in [1.82, 2.24) is 9.88 Å². The number of aliphatic carboxylic acids is 1. The van der Waals surface area contributed by atoms with Crippen molar-refractivity contribution in [2.75, 3.05) is 0 Å². The number of para-hydroxylation sites is 2. The van der Waals surface area contributed by atoms with Crippen molar-refractivity contribution in [2.45, 2.75) is 19.0 Å². The van der Waals surface area contributed by atoms with E-state index >= 15 is 0 Å². The largest absolute Gasteiger partial charge is 0.480 e. The van der Waals surface area contributed by atoms with Crippen molar-refractivity contribution in [3.05, 3.63) is 124 Å². The number of aromatic nitrogens is 1. The molecule has 0 spiro atoms. The number of carbonyl (C=O) groups excluding carboxylic acids is 1. The van der Waals surface area contributed by atoms with E-state index in [-0.39, 0.29) is 23.6 Å². The van der Waals surface area contributed by atoms with Crippen molar-refractivity contribution >= 4 is 46.2 Å². The van der Waals surface area contributed by atoms with E-state index < -0.39 is 17.9 Å². The Morgan fingerprint density at radius 2 is 1.61 bits per heavy atom. The van der Waals surface area contributed by atoms with Crippen LogP contribution in [0.1, 0.15) is 21.5 Å². The van der Waals surface area contributed by atoms with Crippen LogP contribution < -0.4 is 0 Å². The van der Waals surface area contributed by atoms with E-state index in [0.717, 1.165) is 11.1 Å². The number of benzene rings is 4. The molecule has 0 saturated carbocycles. The Morgan fingerprint density at radius 1 is 0.868 bits per heavy atom. The van der Waals surface area contributed by atoms with Crippen LogP contribution in [0, 0.1) is 0 Å². The Hall–Kier alpha value is -4.13. The van der Waals surface area contributed by atoms with Gasteiger partial charge < -0.3 is 14.4 Å². The Bertz CT molecular complexity index is 1580. The average molecular weight is 545 g/mol. The summed E-state index contributed by atoms with van der Waals surface area (Å²) in [6.45, 7) is 0.0235. The molecule has 0 fully saturated rings. The van der Waals surface area contributed by atoms with Gasteiger partial charge in [-0.15, -0.1) is 0 Å². The van der Waals surface area contributed by atoms with Crippen molar-refractivity contribution in [1.29, 1.82) is 0 Å². The van der Waals surface area contributed by atoms with Crippen molar-refractivity contribution in [3.8, 4) is 11.5 Å². The monoisotopic (exact) mass is 544 g/mol. The zero-order chi connectivity index (χ0) is 26.6. The first kappa shape index (κ1) is 25.5. The van der Waals surface area contributed by atoms with E-state index in [9.17, 15) is 14.7 Å². The summed E-state index contributed by atoms with van der Waals surface area (Å²) in [7, 11) is 0. The predicted molar refractivity (Wildman–Crippen MR) is 147 cm³/mol. The quantitative estimate of drug-likeness (QED) is 0.224. The lowest BCUT2D eigenvalue weighted by molar-refractivity contribution is -0.142. The summed E-state index contributed by atoms with van der Waals surface area (Å²) in [6, 6.07) is 27.4. The molecule has 6 nitrogen and oxygen atoms in total. The van der Waals surface area contributed by atoms with Gasteiger partial charge in [-0.25, -0.2) is 9.78 Å². The van der Waals surface area contributed by atoms with E-state index in [2.05, 4.69) is 4.98 Å². The van der Waals surface area contributed by atoms with Gasteiger partial charge in [0.05, 0.1) is 10.6 Å². The minimum atomic E-state index is -1.15. The Morgan fingerprint density at radius 3 is 2.34 bits per heavy atom. The van der Waals surface area contributed by atoms with Crippen LogP contribution in [-0.4, -0.2) is 32.9 Å². The molecule has 1 unspecified atom stereocenters. The van der Waals surface area contributed by atoms with Crippen LogP contribution in [0.2, 0.25) is 10.0 Å². The molecule has 0 aliphatic heterocycles. The molecule has 5 aromatic rings. The summed E-state index contributed by atoms with van der Waals surface area (Å²) < 4.78 is 5.91. The van der Waals surface area contributed by atoms with Gasteiger partial charge in [0, 0.05) is 23.6 Å². The maximum absolute atomic E-state index is 13.8. The molecular formula is C30H22Cl2N2O4. The molecular weight excluding hydrogens is 523 g/mol. The molecule has 0 bridgehead atoms. The smallest absolute Gasteiger partial charge is 0.326 e. The maximum atomic E-state index is 13.8. The number of carboxylic acids is 1. The molecule has 0 aliphatic rings. The van der Waals surface area contributed by atoms with Crippen LogP contribution in [0.5, 0.6) is 0 Å². The molecule has 0 aliphatic carbocycles. The standard InChI is InChI=1S/C30H22Cl2N2O4/c31-22-13-14-23(24(32)17-22)29(35)34(26(30(36)37)16-19-7-2-1-3-8-19)18-20-9-6-10-21(15-20)28-33-25-11-4-5-12-27(25)38-28/h1-15,17,26H,16,18H2,(H,36,37). The molecule has 1 atom stereocenters. The molecule has 1 amide bonds. The highest BCUT2D eigenvalue weighted by atomic mass is 35.5. The molecule has 0 radical (unpaired) electrons. The minimum Gasteiger partial charge on any atom is -0.480 e. The van der Waals surface area contributed by atoms with Crippen LogP contribution in [-0.2, 0) is 17.8 Å². The summed E-state index contributed by atoms with van der Waals surface area (Å²) in [5.74, 6) is -1.20. The van der Waals surface area contributed by atoms with Gasteiger partial charge in [0.2, 0.25) is 5.89 Å². The number of fused-ring (bicyclic) bond motifs is 1. The van der Waals surface area contributed by atoms with Crippen LogP contribution in [0.3, 0.4) is 0 Å². The molecule has 190 valence electrons. The fraction of sp³-hybridized carbons (Fsp3) is 0.100. The van der Waals surface area contributed by atoms with Gasteiger partial charge in [0.1, 0.15) is 11.6 Å². The highest BCUT2D eigenvalue weighted by molar-refractivity contribution is 6.36. The summed E-state index contributed by atoms with van der Waals surface area (Å²) in [6.07, 6.45) is 0.123. The molecule has 4 aromatic carbocycles. The first-order valence-corrected chi connectivity index (χ1v) is 12.6. The third-order valence-electron chi connectivity index (χ3n) is 6.18. The molecule has 1 aromatic heterocycles. The SMILES string of the molecule is O=C(O)C(Cc1ccccc1)N(Cc1cccc(-c2nc3ccccc3o2)c1)C(=O)c1ccc(Cl)cc1Cl. The zero-order valence-electron chi connectivity index (χ0n) is 20.1. The Kier molecular flexibility index (Phi) is 7.45. The van der Waals surface area contributed by atoms with Gasteiger partial charge in [-0.2, -0.15) is 0 Å². The van der Waals surface area contributed by atoms with Gasteiger partial charge >= 0.3 is 5.97 Å². The number of amides is 1. The molecule has 1 N–H and O–H groups in total. The number of hydrogen-bond donors (Lipinski definition) is 1. The summed E-state index contributed by atoms with van der Waals surface area (Å²) in [5.41, 5.74) is 3.78. The van der Waals surface area contributed by atoms with Crippen LogP contribution in [0.25, 0.3) is 22.6 Å². The third kappa shape index (κ3) is 5.57. The van der Waals surface area contributed by atoms with E-state index in [1.54, 1.807) is 6.07 Å². The normalized spacial score (nSPS) is 11.8. The predicted octanol–water partition coefficient (Wildman–Crippen LogP) is 7.14. The second-order valence-corrected chi connectivity index (χ2v) is 9.63. The van der Waals surface area contributed by atoms with Crippen molar-refractivity contribution in [2.24, 2.45) is 0 Å². The average Bonchev–Trinajstić information content (AvgIpc) is 3.35. The second kappa shape index (κ2) is 11.1. The molecule has 1 heterocycles. The first-order chi connectivity index (χ1) is 18.4. The third-order valence-corrected chi connectivity index (χ3v) is 6.72. The van der Waals surface area contributed by atoms with E-state index in [4.69, 9.17) is 27.6 Å². The number of hydrogen-bond acceptors (Lipinski definition) is 4. The van der Waals surface area contributed by atoms with Gasteiger partial charge in [-0.3, -0.25) is 4.79 Å². The summed E-state index contributed by atoms with van der Waals surface area (Å²) >= 11 is 12.4. The number of rotatable bonds is 8. The van der Waals surface area contributed by atoms with Crippen molar-refractivity contribution < 1.29 is 19.1 Å². The number of carbonyl (C=O) groups is 2. The number of halogens is 2. The lowest BCUT2D eigenvalue weighted by Gasteiger charge is -2.30. The van der Waals surface area contributed by atoms with Gasteiger partial charge in [-0.05, 0) is 53.6 Å². The lowest BCUT2D eigenvalue weighted by Crippen LogP contribution is -2.46. The van der Waals surface area contributed by atoms with E-state index in [0.29, 0.717) is 27.6 Å². The second-order valence-electron chi connectivity index (χ2n) is 8.79. The molecule has 0 saturated heterocycles. The number of nitrogens with zero attached hydrogens (tertiary/aromatic N) is 2. The van der Waals surface area contributed by atoms with E-state index in [1.165, 1.54) is 17.0 Å². The van der Waals surface area contributed by atoms with E-state index in [1.807, 2.05) is 78.9 Å². The van der Waals surface area contributed by atoms with Gasteiger partial charge in [-0.1, -0.05) is 77.8 Å². The fourth-order valence-electron chi connectivity index (χ4n) is 4.30. The highest BCUT2D eigenvalue weighted by Gasteiger charge is 2.32. The van der Waals surface area contributed by atoms with Crippen molar-refractivity contribution in [3.63, 3.8) is 0 Å². The first-order valence-electron chi connectivity index (χ1n) is 11.9. The number of carboxylic acid groups (broad SMARTS) is 1. The minimum absolute atomic E-state index is 0.0235. The Labute approximate surface area is 229 Å².